The van der Waals surface area contributed by atoms with Crippen LogP contribution in [-0.4, -0.2) is 30.9 Å². The van der Waals surface area contributed by atoms with Gasteiger partial charge in [0.05, 0.1) is 18.8 Å². The summed E-state index contributed by atoms with van der Waals surface area (Å²) in [6.07, 6.45) is -4.81. The number of halogens is 3. The lowest BCUT2D eigenvalue weighted by Crippen LogP contribution is -2.36. The quantitative estimate of drug-likeness (QED) is 0.455. The van der Waals surface area contributed by atoms with Gasteiger partial charge >= 0.3 is 18.1 Å². The highest BCUT2D eigenvalue weighted by Crippen LogP contribution is 2.33. The summed E-state index contributed by atoms with van der Waals surface area (Å²) in [4.78, 5) is 36.0. The van der Waals surface area contributed by atoms with E-state index in [0.717, 1.165) is 12.1 Å². The number of alkyl halides is 3. The predicted octanol–water partition coefficient (Wildman–Crippen LogP) is 2.63. The Hall–Kier alpha value is -2.38. The largest absolute Gasteiger partial charge is 0.465 e. The van der Waals surface area contributed by atoms with E-state index in [9.17, 15) is 27.6 Å². The van der Waals surface area contributed by atoms with Gasteiger partial charge in [-0.25, -0.2) is 0 Å². The van der Waals surface area contributed by atoms with Crippen LogP contribution in [-0.2, 0) is 25.2 Å². The van der Waals surface area contributed by atoms with Gasteiger partial charge in [-0.05, 0) is 19.9 Å². The second-order valence-corrected chi connectivity index (χ2v) is 4.34. The van der Waals surface area contributed by atoms with Gasteiger partial charge in [0.2, 0.25) is 5.92 Å². The Morgan fingerprint density at radius 3 is 1.91 bits per heavy atom. The molecule has 0 aliphatic rings. The SMILES string of the molecule is CCOC(=O)C(C(=O)OCC)C(=O)c1ccccc1C(F)(F)F. The molecule has 1 rings (SSSR count). The van der Waals surface area contributed by atoms with Crippen LogP contribution in [0, 0.1) is 5.92 Å². The summed E-state index contributed by atoms with van der Waals surface area (Å²) >= 11 is 0. The van der Waals surface area contributed by atoms with E-state index >= 15 is 0 Å². The molecule has 0 saturated carbocycles. The van der Waals surface area contributed by atoms with Crippen LogP contribution in [0.3, 0.4) is 0 Å². The van der Waals surface area contributed by atoms with E-state index in [-0.39, 0.29) is 13.2 Å². The molecule has 0 atom stereocenters. The van der Waals surface area contributed by atoms with Crippen molar-refractivity contribution < 1.29 is 37.0 Å². The van der Waals surface area contributed by atoms with E-state index in [1.165, 1.54) is 19.9 Å². The molecular formula is C15H15F3O5. The average Bonchev–Trinajstić information content (AvgIpc) is 2.47. The van der Waals surface area contributed by atoms with Crippen molar-refractivity contribution in [3.8, 4) is 0 Å². The van der Waals surface area contributed by atoms with Gasteiger partial charge in [0.15, 0.2) is 5.78 Å². The van der Waals surface area contributed by atoms with Crippen molar-refractivity contribution in [2.45, 2.75) is 20.0 Å². The second-order valence-electron chi connectivity index (χ2n) is 4.34. The number of carbonyl (C=O) groups excluding carboxylic acids is 3. The third-order valence-corrected chi connectivity index (χ3v) is 2.80. The Balaban J connectivity index is 3.30. The van der Waals surface area contributed by atoms with E-state index in [4.69, 9.17) is 0 Å². The number of benzene rings is 1. The van der Waals surface area contributed by atoms with Crippen molar-refractivity contribution in [3.63, 3.8) is 0 Å². The monoisotopic (exact) mass is 332 g/mol. The Morgan fingerprint density at radius 2 is 1.48 bits per heavy atom. The molecule has 0 aliphatic heterocycles. The number of Topliss-reactive ketones (excluding diaryl/α,β-unsaturated/α-hetero) is 1. The van der Waals surface area contributed by atoms with Gasteiger partial charge in [-0.1, -0.05) is 18.2 Å². The summed E-state index contributed by atoms with van der Waals surface area (Å²) < 4.78 is 48.2. The molecule has 0 unspecified atom stereocenters. The molecule has 0 amide bonds. The summed E-state index contributed by atoms with van der Waals surface area (Å²) in [6, 6.07) is 3.90. The summed E-state index contributed by atoms with van der Waals surface area (Å²) in [6.45, 7) is 2.61. The zero-order valence-electron chi connectivity index (χ0n) is 12.5. The minimum absolute atomic E-state index is 0.136. The van der Waals surface area contributed by atoms with Crippen LogP contribution in [0.15, 0.2) is 24.3 Å². The van der Waals surface area contributed by atoms with Gasteiger partial charge in [0, 0.05) is 5.56 Å². The molecule has 5 nitrogen and oxygen atoms in total. The molecule has 0 aliphatic carbocycles. The zero-order chi connectivity index (χ0) is 17.6. The number of carbonyl (C=O) groups is 3. The molecule has 1 aromatic carbocycles. The first-order chi connectivity index (χ1) is 10.7. The van der Waals surface area contributed by atoms with Crippen LogP contribution in [0.2, 0.25) is 0 Å². The summed E-state index contributed by atoms with van der Waals surface area (Å²) in [7, 11) is 0. The van der Waals surface area contributed by atoms with Crippen molar-refractivity contribution in [1.82, 2.24) is 0 Å². The minimum Gasteiger partial charge on any atom is -0.465 e. The molecule has 0 N–H and O–H groups in total. The van der Waals surface area contributed by atoms with E-state index < -0.39 is 40.9 Å². The highest BCUT2D eigenvalue weighted by atomic mass is 19.4. The van der Waals surface area contributed by atoms with Gasteiger partial charge < -0.3 is 9.47 Å². The van der Waals surface area contributed by atoms with Crippen LogP contribution in [0.25, 0.3) is 0 Å². The number of ether oxygens (including phenoxy) is 2. The molecule has 0 saturated heterocycles. The number of rotatable bonds is 6. The van der Waals surface area contributed by atoms with Gasteiger partial charge in [0.25, 0.3) is 0 Å². The smallest absolute Gasteiger partial charge is 0.417 e. The lowest BCUT2D eigenvalue weighted by Gasteiger charge is -2.16. The molecule has 0 bridgehead atoms. The van der Waals surface area contributed by atoms with Crippen molar-refractivity contribution in [3.05, 3.63) is 35.4 Å². The van der Waals surface area contributed by atoms with Crippen molar-refractivity contribution in [2.24, 2.45) is 5.92 Å². The van der Waals surface area contributed by atoms with Gasteiger partial charge in [-0.15, -0.1) is 0 Å². The molecule has 0 radical (unpaired) electrons. The highest BCUT2D eigenvalue weighted by Gasteiger charge is 2.42. The van der Waals surface area contributed by atoms with E-state index in [1.807, 2.05) is 0 Å². The van der Waals surface area contributed by atoms with Crippen LogP contribution < -0.4 is 0 Å². The maximum Gasteiger partial charge on any atom is 0.417 e. The molecule has 1 aromatic rings. The Kier molecular flexibility index (Phi) is 6.29. The van der Waals surface area contributed by atoms with Gasteiger partial charge in [0.1, 0.15) is 0 Å². The Labute approximate surface area is 130 Å². The number of hydrogen-bond acceptors (Lipinski definition) is 5. The summed E-state index contributed by atoms with van der Waals surface area (Å²) in [5.41, 5.74) is -2.02. The maximum atomic E-state index is 13.0. The fraction of sp³-hybridized carbons (Fsp3) is 0.400. The van der Waals surface area contributed by atoms with E-state index in [1.54, 1.807) is 0 Å². The van der Waals surface area contributed by atoms with Gasteiger partial charge in [-0.3, -0.25) is 14.4 Å². The molecule has 8 heteroatoms. The highest BCUT2D eigenvalue weighted by molar-refractivity contribution is 6.21. The lowest BCUT2D eigenvalue weighted by atomic mass is 9.93. The normalized spacial score (nSPS) is 11.2. The standard InChI is InChI=1S/C15H15F3O5/c1-3-22-13(20)11(14(21)23-4-2)12(19)9-7-5-6-8-10(9)15(16,17)18/h5-8,11H,3-4H2,1-2H3. The Bertz CT molecular complexity index is 577. The summed E-state index contributed by atoms with van der Waals surface area (Å²) in [5.74, 6) is -5.88. The molecule has 126 valence electrons. The lowest BCUT2D eigenvalue weighted by molar-refractivity contribution is -0.159. The number of esters is 2. The summed E-state index contributed by atoms with van der Waals surface area (Å²) in [5, 5.41) is 0. The van der Waals surface area contributed by atoms with Crippen LogP contribution >= 0.6 is 0 Å². The number of hydrogen-bond donors (Lipinski definition) is 0. The van der Waals surface area contributed by atoms with Crippen LogP contribution in [0.4, 0.5) is 13.2 Å². The van der Waals surface area contributed by atoms with Gasteiger partial charge in [-0.2, -0.15) is 13.2 Å². The third kappa shape index (κ3) is 4.54. The van der Waals surface area contributed by atoms with Crippen LogP contribution in [0.1, 0.15) is 29.8 Å². The zero-order valence-corrected chi connectivity index (χ0v) is 12.5. The van der Waals surface area contributed by atoms with Crippen molar-refractivity contribution in [1.29, 1.82) is 0 Å². The van der Waals surface area contributed by atoms with E-state index in [2.05, 4.69) is 9.47 Å². The first-order valence-electron chi connectivity index (χ1n) is 6.77. The molecule has 0 spiro atoms. The fourth-order valence-corrected chi connectivity index (χ4v) is 1.86. The Morgan fingerprint density at radius 1 is 1.00 bits per heavy atom. The molecule has 0 aromatic heterocycles. The predicted molar refractivity (Wildman–Crippen MR) is 72.5 cm³/mol. The maximum absolute atomic E-state index is 13.0. The van der Waals surface area contributed by atoms with E-state index in [0.29, 0.717) is 6.07 Å². The molecule has 23 heavy (non-hydrogen) atoms. The first kappa shape index (κ1) is 18.7. The molecule has 0 fully saturated rings. The fourth-order valence-electron chi connectivity index (χ4n) is 1.86. The van der Waals surface area contributed by atoms with Crippen molar-refractivity contribution in [2.75, 3.05) is 13.2 Å². The third-order valence-electron chi connectivity index (χ3n) is 2.80. The average molecular weight is 332 g/mol. The molecular weight excluding hydrogens is 317 g/mol. The second kappa shape index (κ2) is 7.75. The first-order valence-corrected chi connectivity index (χ1v) is 6.77. The molecule has 0 heterocycles. The minimum atomic E-state index is -4.81. The number of ketones is 1. The van der Waals surface area contributed by atoms with Crippen molar-refractivity contribution >= 4 is 17.7 Å². The topological polar surface area (TPSA) is 69.7 Å². The van der Waals surface area contributed by atoms with Crippen LogP contribution in [0.5, 0.6) is 0 Å².